The van der Waals surface area contributed by atoms with Crippen molar-refractivity contribution < 1.29 is 22.7 Å². The minimum atomic E-state index is -4.50. The van der Waals surface area contributed by atoms with E-state index >= 15 is 0 Å². The summed E-state index contributed by atoms with van der Waals surface area (Å²) in [5.74, 6) is -0.399. The summed E-state index contributed by atoms with van der Waals surface area (Å²) in [6, 6.07) is 2.80. The molecular formula is C12H13F3N2O2S. The summed E-state index contributed by atoms with van der Waals surface area (Å²) in [5.41, 5.74) is 4.63. The van der Waals surface area contributed by atoms with Crippen LogP contribution in [0.2, 0.25) is 0 Å². The van der Waals surface area contributed by atoms with Crippen LogP contribution in [0.1, 0.15) is 17.5 Å². The third kappa shape index (κ3) is 4.46. The Bertz CT molecular complexity index is 518. The fourth-order valence-electron chi connectivity index (χ4n) is 1.44. The molecule has 0 aliphatic carbocycles. The summed E-state index contributed by atoms with van der Waals surface area (Å²) in [4.78, 5) is 11.3. The molecule has 1 amide bonds. The Labute approximate surface area is 119 Å². The number of nitrogens with two attached hydrogens (primary N) is 1. The highest BCUT2D eigenvalue weighted by molar-refractivity contribution is 7.80. The van der Waals surface area contributed by atoms with Gasteiger partial charge in [-0.05, 0) is 18.2 Å². The van der Waals surface area contributed by atoms with Gasteiger partial charge in [-0.3, -0.25) is 4.79 Å². The Morgan fingerprint density at radius 3 is 2.60 bits per heavy atom. The van der Waals surface area contributed by atoms with Crippen LogP contribution in [0, 0.1) is 0 Å². The molecule has 0 saturated heterocycles. The van der Waals surface area contributed by atoms with Gasteiger partial charge < -0.3 is 15.8 Å². The van der Waals surface area contributed by atoms with E-state index < -0.39 is 17.6 Å². The Kier molecular flexibility index (Phi) is 5.46. The van der Waals surface area contributed by atoms with Crippen molar-refractivity contribution in [2.45, 2.75) is 12.6 Å². The van der Waals surface area contributed by atoms with E-state index in [-0.39, 0.29) is 29.3 Å². The zero-order valence-electron chi connectivity index (χ0n) is 10.6. The molecule has 20 heavy (non-hydrogen) atoms. The summed E-state index contributed by atoms with van der Waals surface area (Å²) in [7, 11) is 1.44. The molecule has 0 aromatic heterocycles. The van der Waals surface area contributed by atoms with Gasteiger partial charge in [0.1, 0.15) is 4.99 Å². The van der Waals surface area contributed by atoms with Crippen LogP contribution in [0.25, 0.3) is 0 Å². The van der Waals surface area contributed by atoms with E-state index in [2.05, 4.69) is 5.32 Å². The molecule has 1 aromatic rings. The molecule has 0 unspecified atom stereocenters. The first-order valence-electron chi connectivity index (χ1n) is 5.55. The molecule has 0 heterocycles. The first-order chi connectivity index (χ1) is 9.25. The average molecular weight is 306 g/mol. The number of methoxy groups -OCH3 is 1. The molecule has 0 spiro atoms. The van der Waals surface area contributed by atoms with E-state index in [0.717, 1.165) is 18.2 Å². The van der Waals surface area contributed by atoms with Gasteiger partial charge in [0, 0.05) is 12.7 Å². The van der Waals surface area contributed by atoms with Crippen molar-refractivity contribution in [2.24, 2.45) is 5.73 Å². The molecule has 0 atom stereocenters. The molecular weight excluding hydrogens is 293 g/mol. The summed E-state index contributed by atoms with van der Waals surface area (Å²) in [5, 5.41) is 2.45. The fraction of sp³-hybridized carbons (Fsp3) is 0.333. The van der Waals surface area contributed by atoms with Gasteiger partial charge >= 0.3 is 6.18 Å². The number of halogens is 3. The maximum absolute atomic E-state index is 12.6. The van der Waals surface area contributed by atoms with Gasteiger partial charge in [0.25, 0.3) is 0 Å². The molecule has 0 radical (unpaired) electrons. The van der Waals surface area contributed by atoms with Crippen LogP contribution < -0.4 is 11.1 Å². The molecule has 0 fully saturated rings. The van der Waals surface area contributed by atoms with Crippen molar-refractivity contribution in [2.75, 3.05) is 19.0 Å². The SMILES string of the molecule is COCCC(=O)Nc1ccc(C(F)(F)F)cc1C(N)=S. The van der Waals surface area contributed by atoms with E-state index in [1.807, 2.05) is 0 Å². The van der Waals surface area contributed by atoms with Crippen LogP contribution in [0.4, 0.5) is 18.9 Å². The smallest absolute Gasteiger partial charge is 0.389 e. The van der Waals surface area contributed by atoms with Crippen molar-refractivity contribution in [3.05, 3.63) is 29.3 Å². The first kappa shape index (κ1) is 16.4. The van der Waals surface area contributed by atoms with Crippen LogP contribution in [0.3, 0.4) is 0 Å². The molecule has 1 rings (SSSR count). The number of benzene rings is 1. The highest BCUT2D eigenvalue weighted by Gasteiger charge is 2.31. The molecule has 0 bridgehead atoms. The number of amides is 1. The van der Waals surface area contributed by atoms with Crippen LogP contribution in [0.5, 0.6) is 0 Å². The van der Waals surface area contributed by atoms with E-state index in [9.17, 15) is 18.0 Å². The van der Waals surface area contributed by atoms with Crippen molar-refractivity contribution in [1.29, 1.82) is 0 Å². The summed E-state index contributed by atoms with van der Waals surface area (Å²) < 4.78 is 42.5. The minimum absolute atomic E-state index is 0.0272. The van der Waals surface area contributed by atoms with E-state index in [1.165, 1.54) is 7.11 Å². The van der Waals surface area contributed by atoms with Crippen LogP contribution in [0.15, 0.2) is 18.2 Å². The molecule has 4 nitrogen and oxygen atoms in total. The van der Waals surface area contributed by atoms with Crippen LogP contribution in [-0.2, 0) is 15.7 Å². The summed E-state index contributed by atoms with van der Waals surface area (Å²) in [6.45, 7) is 0.203. The second-order valence-electron chi connectivity index (χ2n) is 3.91. The Hall–Kier alpha value is -1.67. The number of thiocarbonyl (C=S) groups is 1. The highest BCUT2D eigenvalue weighted by atomic mass is 32.1. The van der Waals surface area contributed by atoms with Gasteiger partial charge in [-0.15, -0.1) is 0 Å². The maximum atomic E-state index is 12.6. The number of carbonyl (C=O) groups excluding carboxylic acids is 1. The van der Waals surface area contributed by atoms with Crippen molar-refractivity contribution >= 4 is 28.8 Å². The number of alkyl halides is 3. The molecule has 3 N–H and O–H groups in total. The third-order valence-corrected chi connectivity index (χ3v) is 2.64. The van der Waals surface area contributed by atoms with Gasteiger partial charge in [-0.25, -0.2) is 0 Å². The van der Waals surface area contributed by atoms with E-state index in [0.29, 0.717) is 0 Å². The Morgan fingerprint density at radius 1 is 1.45 bits per heavy atom. The lowest BCUT2D eigenvalue weighted by Gasteiger charge is -2.13. The summed E-state index contributed by atoms with van der Waals surface area (Å²) in [6.07, 6.45) is -4.42. The number of nitrogens with one attached hydrogen (secondary N) is 1. The van der Waals surface area contributed by atoms with Crippen molar-refractivity contribution in [3.8, 4) is 0 Å². The zero-order valence-corrected chi connectivity index (χ0v) is 11.4. The normalized spacial score (nSPS) is 11.2. The van der Waals surface area contributed by atoms with Gasteiger partial charge in [0.2, 0.25) is 5.91 Å². The second-order valence-corrected chi connectivity index (χ2v) is 4.35. The Morgan fingerprint density at radius 2 is 2.10 bits per heavy atom. The van der Waals surface area contributed by atoms with Gasteiger partial charge in [-0.1, -0.05) is 12.2 Å². The number of hydrogen-bond donors (Lipinski definition) is 2. The largest absolute Gasteiger partial charge is 0.416 e. The number of anilines is 1. The van der Waals surface area contributed by atoms with Crippen molar-refractivity contribution in [3.63, 3.8) is 0 Å². The highest BCUT2D eigenvalue weighted by Crippen LogP contribution is 2.31. The molecule has 0 aliphatic heterocycles. The molecule has 0 aliphatic rings. The maximum Gasteiger partial charge on any atom is 0.416 e. The van der Waals surface area contributed by atoms with Gasteiger partial charge in [0.05, 0.1) is 24.3 Å². The fourth-order valence-corrected chi connectivity index (χ4v) is 1.61. The van der Waals surface area contributed by atoms with E-state index in [1.54, 1.807) is 0 Å². The third-order valence-electron chi connectivity index (χ3n) is 2.42. The van der Waals surface area contributed by atoms with Crippen LogP contribution in [-0.4, -0.2) is 24.6 Å². The average Bonchev–Trinajstić information content (AvgIpc) is 2.35. The predicted octanol–water partition coefficient (Wildman–Crippen LogP) is 2.31. The van der Waals surface area contributed by atoms with Crippen LogP contribution >= 0.6 is 12.2 Å². The van der Waals surface area contributed by atoms with Gasteiger partial charge in [0.15, 0.2) is 0 Å². The second kappa shape index (κ2) is 6.67. The summed E-state index contributed by atoms with van der Waals surface area (Å²) >= 11 is 4.71. The molecule has 110 valence electrons. The minimum Gasteiger partial charge on any atom is -0.389 e. The Balaban J connectivity index is 3.02. The molecule has 8 heteroatoms. The lowest BCUT2D eigenvalue weighted by molar-refractivity contribution is -0.137. The lowest BCUT2D eigenvalue weighted by Crippen LogP contribution is -2.19. The number of rotatable bonds is 5. The van der Waals surface area contributed by atoms with E-state index in [4.69, 9.17) is 22.7 Å². The lowest BCUT2D eigenvalue weighted by atomic mass is 10.1. The predicted molar refractivity (Wildman–Crippen MR) is 72.5 cm³/mol. The first-order valence-corrected chi connectivity index (χ1v) is 5.96. The van der Waals surface area contributed by atoms with Crippen molar-refractivity contribution in [1.82, 2.24) is 0 Å². The number of ether oxygens (including phenoxy) is 1. The molecule has 0 saturated carbocycles. The number of hydrogen-bond acceptors (Lipinski definition) is 3. The standard InChI is InChI=1S/C12H13F3N2O2S/c1-19-5-4-10(18)17-9-3-2-7(12(13,14)15)6-8(9)11(16)20/h2-3,6H,4-5H2,1H3,(H2,16,20)(H,17,18). The number of carbonyl (C=O) groups is 1. The quantitative estimate of drug-likeness (QED) is 0.819. The van der Waals surface area contributed by atoms with Gasteiger partial charge in [-0.2, -0.15) is 13.2 Å². The zero-order chi connectivity index (χ0) is 15.3. The molecule has 1 aromatic carbocycles. The monoisotopic (exact) mass is 306 g/mol. The topological polar surface area (TPSA) is 64.3 Å².